The van der Waals surface area contributed by atoms with Gasteiger partial charge in [-0.15, -0.1) is 0 Å². The highest BCUT2D eigenvalue weighted by Crippen LogP contribution is 2.68. The summed E-state index contributed by atoms with van der Waals surface area (Å²) in [5.41, 5.74) is 0. The highest BCUT2D eigenvalue weighted by molar-refractivity contribution is 8.24. The van der Waals surface area contributed by atoms with Crippen molar-refractivity contribution in [3.05, 3.63) is 0 Å². The molecule has 0 aliphatic rings. The molecule has 0 saturated heterocycles. The molecule has 11 heavy (non-hydrogen) atoms. The first kappa shape index (κ1) is 11.9. The second-order valence-electron chi connectivity index (χ2n) is 1.83. The van der Waals surface area contributed by atoms with Crippen LogP contribution >= 0.6 is 24.9 Å². The van der Waals surface area contributed by atoms with Gasteiger partial charge in [0.25, 0.3) is 0 Å². The lowest BCUT2D eigenvalue weighted by atomic mass is 11.3. The summed E-state index contributed by atoms with van der Waals surface area (Å²) < 4.78 is 40.4. The molecule has 68 valence electrons. The zero-order valence-electron chi connectivity index (χ0n) is 5.71. The summed E-state index contributed by atoms with van der Waals surface area (Å²) >= 11 is 8.69. The van der Waals surface area contributed by atoms with Gasteiger partial charge in [-0.1, -0.05) is 0 Å². The molecule has 1 unspecified atom stereocenters. The van der Waals surface area contributed by atoms with Crippen LogP contribution in [0.3, 0.4) is 0 Å². The normalized spacial score (nSPS) is 18.1. The minimum Gasteiger partial charge on any atom is -0.225 e. The van der Waals surface area contributed by atoms with Gasteiger partial charge in [0.15, 0.2) is 0 Å². The van der Waals surface area contributed by atoms with E-state index in [0.29, 0.717) is 4.67 Å². The standard InChI is InChI=1S/C2H6ClF3N2P2S/c1-8(2)10(5,6)7-9(3,4)11/h1-2H3. The average molecular weight is 245 g/mol. The maximum Gasteiger partial charge on any atom is 0.374 e. The first-order chi connectivity index (χ1) is 4.65. The third kappa shape index (κ3) is 5.21. The summed E-state index contributed by atoms with van der Waals surface area (Å²) in [6.07, 6.45) is 0. The lowest BCUT2D eigenvalue weighted by Crippen LogP contribution is -2.00. The fourth-order valence-corrected chi connectivity index (χ4v) is 3.37. The van der Waals surface area contributed by atoms with Crippen LogP contribution in [0.4, 0.5) is 12.6 Å². The number of nitrogens with zero attached hydrogens (tertiary/aromatic N) is 2. The molecule has 0 fully saturated rings. The van der Waals surface area contributed by atoms with Gasteiger partial charge in [0.2, 0.25) is 0 Å². The first-order valence-electron chi connectivity index (χ1n) is 2.35. The van der Waals surface area contributed by atoms with E-state index >= 15 is 0 Å². The molecule has 0 aromatic heterocycles. The molecule has 0 N–H and O–H groups in total. The molecule has 0 aliphatic carbocycles. The summed E-state index contributed by atoms with van der Waals surface area (Å²) in [5, 5.41) is 0. The first-order valence-corrected chi connectivity index (χ1v) is 7.38. The zero-order valence-corrected chi connectivity index (χ0v) is 9.07. The van der Waals surface area contributed by atoms with E-state index in [2.05, 4.69) is 16.3 Å². The molecule has 0 saturated carbocycles. The third-order valence-corrected chi connectivity index (χ3v) is 4.62. The van der Waals surface area contributed by atoms with Gasteiger partial charge in [-0.3, -0.25) is 0 Å². The van der Waals surface area contributed by atoms with Crippen LogP contribution in [-0.4, -0.2) is 18.8 Å². The molecule has 0 amide bonds. The average Bonchev–Trinajstić information content (AvgIpc) is 1.56. The smallest absolute Gasteiger partial charge is 0.225 e. The summed E-state index contributed by atoms with van der Waals surface area (Å²) in [6, 6.07) is 0. The van der Waals surface area contributed by atoms with Crippen molar-refractivity contribution in [3.8, 4) is 0 Å². The van der Waals surface area contributed by atoms with Crippen LogP contribution < -0.4 is 0 Å². The predicted molar refractivity (Wildman–Crippen MR) is 46.5 cm³/mol. The second-order valence-corrected chi connectivity index (χ2v) is 8.52. The highest BCUT2D eigenvalue weighted by atomic mass is 35.7. The largest absolute Gasteiger partial charge is 0.374 e. The molecule has 0 spiro atoms. The van der Waals surface area contributed by atoms with Crippen LogP contribution in [-0.2, 0) is 11.8 Å². The van der Waals surface area contributed by atoms with Crippen molar-refractivity contribution in [3.63, 3.8) is 0 Å². The number of hydrogen-bond acceptors (Lipinski definition) is 1. The van der Waals surface area contributed by atoms with Crippen molar-refractivity contribution < 1.29 is 12.6 Å². The second kappa shape index (κ2) is 3.75. The van der Waals surface area contributed by atoms with Crippen LogP contribution in [0.15, 0.2) is 4.52 Å². The molecule has 0 aromatic rings. The van der Waals surface area contributed by atoms with E-state index in [0.717, 1.165) is 14.1 Å². The van der Waals surface area contributed by atoms with Crippen LogP contribution in [0.5, 0.6) is 0 Å². The van der Waals surface area contributed by atoms with E-state index in [-0.39, 0.29) is 0 Å². The third-order valence-electron chi connectivity index (χ3n) is 0.693. The van der Waals surface area contributed by atoms with Crippen molar-refractivity contribution in [1.29, 1.82) is 0 Å². The van der Waals surface area contributed by atoms with Gasteiger partial charge >= 0.3 is 13.7 Å². The Morgan fingerprint density at radius 3 is 1.82 bits per heavy atom. The lowest BCUT2D eigenvalue weighted by Gasteiger charge is -2.12. The van der Waals surface area contributed by atoms with E-state index in [1.807, 2.05) is 0 Å². The van der Waals surface area contributed by atoms with E-state index in [1.54, 1.807) is 0 Å². The van der Waals surface area contributed by atoms with Gasteiger partial charge in [0.1, 0.15) is 0 Å². The Bertz CT molecular complexity index is 231. The summed E-state index contributed by atoms with van der Waals surface area (Å²) in [4.78, 5) is 0. The van der Waals surface area contributed by atoms with Crippen LogP contribution in [0.25, 0.3) is 0 Å². The van der Waals surface area contributed by atoms with E-state index in [1.165, 1.54) is 0 Å². The summed E-state index contributed by atoms with van der Waals surface area (Å²) in [5.74, 6) is -4.15. The molecule has 0 aliphatic heterocycles. The SMILES string of the molecule is CN(C)P(F)(F)=NP(F)(=S)Cl. The fraction of sp³-hybridized carbons (Fsp3) is 1.00. The Balaban J connectivity index is 4.83. The quantitative estimate of drug-likeness (QED) is 0.685. The Morgan fingerprint density at radius 1 is 1.36 bits per heavy atom. The maximum absolute atomic E-state index is 12.5. The lowest BCUT2D eigenvalue weighted by molar-refractivity contribution is 0.543. The fourth-order valence-electron chi connectivity index (χ4n) is 0.205. The van der Waals surface area contributed by atoms with Crippen LogP contribution in [0.1, 0.15) is 0 Å². The summed E-state index contributed by atoms with van der Waals surface area (Å²) in [7, 11) is -2.55. The van der Waals surface area contributed by atoms with Crippen molar-refractivity contribution in [1.82, 2.24) is 4.67 Å². The molecular weight excluding hydrogens is 238 g/mol. The van der Waals surface area contributed by atoms with Gasteiger partial charge in [-0.2, -0.15) is 17.1 Å². The molecule has 1 atom stereocenters. The van der Waals surface area contributed by atoms with Gasteiger partial charge in [0, 0.05) is 0 Å². The Hall–Kier alpha value is 0.920. The zero-order chi connectivity index (χ0) is 9.28. The Kier molecular flexibility index (Phi) is 4.07. The molecule has 9 heteroatoms. The maximum atomic E-state index is 12.5. The highest BCUT2D eigenvalue weighted by Gasteiger charge is 2.25. The number of rotatable bonds is 2. The molecule has 0 heterocycles. The van der Waals surface area contributed by atoms with E-state index < -0.39 is 13.7 Å². The number of halogens is 4. The van der Waals surface area contributed by atoms with Crippen LogP contribution in [0, 0.1) is 0 Å². The molecule has 2 nitrogen and oxygen atoms in total. The Labute approximate surface area is 73.0 Å². The minimum absolute atomic E-state index is 0.538. The van der Waals surface area contributed by atoms with Gasteiger partial charge in [-0.05, 0) is 37.1 Å². The number of hydrogen-bond donors (Lipinski definition) is 0. The molecule has 0 aromatic carbocycles. The van der Waals surface area contributed by atoms with Gasteiger partial charge in [-0.25, -0.2) is 4.67 Å². The van der Waals surface area contributed by atoms with E-state index in [4.69, 9.17) is 11.2 Å². The molecule has 0 radical (unpaired) electrons. The Morgan fingerprint density at radius 2 is 1.73 bits per heavy atom. The predicted octanol–water partition coefficient (Wildman–Crippen LogP) is 3.87. The molecule has 0 rings (SSSR count). The monoisotopic (exact) mass is 244 g/mol. The van der Waals surface area contributed by atoms with Crippen molar-refractivity contribution >= 4 is 36.7 Å². The van der Waals surface area contributed by atoms with E-state index in [9.17, 15) is 12.6 Å². The van der Waals surface area contributed by atoms with Crippen molar-refractivity contribution in [2.24, 2.45) is 4.52 Å². The molecular formula is C2H6ClF3N2P2S. The molecule has 0 bridgehead atoms. The topological polar surface area (TPSA) is 15.6 Å². The minimum atomic E-state index is -4.74. The van der Waals surface area contributed by atoms with Crippen molar-refractivity contribution in [2.45, 2.75) is 0 Å². The summed E-state index contributed by atoms with van der Waals surface area (Å²) in [6.45, 7) is 0. The van der Waals surface area contributed by atoms with Gasteiger partial charge < -0.3 is 0 Å². The van der Waals surface area contributed by atoms with Crippen molar-refractivity contribution in [2.75, 3.05) is 14.1 Å². The van der Waals surface area contributed by atoms with Crippen LogP contribution in [0.2, 0.25) is 0 Å². The van der Waals surface area contributed by atoms with Gasteiger partial charge in [0.05, 0.1) is 0 Å².